The lowest BCUT2D eigenvalue weighted by Crippen LogP contribution is -2.49. The van der Waals surface area contributed by atoms with Gasteiger partial charge in [-0.15, -0.1) is 0 Å². The van der Waals surface area contributed by atoms with Gasteiger partial charge >= 0.3 is 0 Å². The van der Waals surface area contributed by atoms with Gasteiger partial charge in [0.25, 0.3) is 5.91 Å². The van der Waals surface area contributed by atoms with Gasteiger partial charge in [0.15, 0.2) is 5.82 Å². The fourth-order valence-electron chi connectivity index (χ4n) is 4.95. The van der Waals surface area contributed by atoms with Gasteiger partial charge in [0.1, 0.15) is 5.82 Å². The largest absolute Gasteiger partial charge is 0.353 e. The monoisotopic (exact) mass is 490 g/mol. The van der Waals surface area contributed by atoms with E-state index in [1.807, 2.05) is 23.1 Å². The van der Waals surface area contributed by atoms with Crippen LogP contribution in [-0.4, -0.2) is 47.0 Å². The number of carbonyl (C=O) groups excluding carboxylic acids is 1. The molecule has 3 aromatic carbocycles. The van der Waals surface area contributed by atoms with Crippen molar-refractivity contribution in [1.82, 2.24) is 14.9 Å². The van der Waals surface area contributed by atoms with Crippen LogP contribution in [0.1, 0.15) is 45.2 Å². The Hall–Kier alpha value is -3.99. The first kappa shape index (κ1) is 24.7. The Balaban J connectivity index is 1.42. The van der Waals surface area contributed by atoms with E-state index in [2.05, 4.69) is 86.3 Å². The summed E-state index contributed by atoms with van der Waals surface area (Å²) < 4.78 is 0. The molecule has 0 radical (unpaired) electrons. The number of hydrogen-bond acceptors (Lipinski definition) is 4. The third-order valence-corrected chi connectivity index (χ3v) is 7.17. The number of piperazine rings is 1. The van der Waals surface area contributed by atoms with E-state index in [0.717, 1.165) is 60.0 Å². The van der Waals surface area contributed by atoms with Crippen molar-refractivity contribution < 1.29 is 4.79 Å². The Morgan fingerprint density at radius 3 is 2.22 bits per heavy atom. The van der Waals surface area contributed by atoms with Crippen molar-refractivity contribution in [3.8, 4) is 11.4 Å². The van der Waals surface area contributed by atoms with E-state index in [1.54, 1.807) is 0 Å². The van der Waals surface area contributed by atoms with Crippen LogP contribution in [0.25, 0.3) is 11.4 Å². The van der Waals surface area contributed by atoms with E-state index in [4.69, 9.17) is 9.97 Å². The number of hydrogen-bond donors (Lipinski definition) is 0. The molecule has 1 aliphatic heterocycles. The minimum Gasteiger partial charge on any atom is -0.353 e. The highest BCUT2D eigenvalue weighted by Crippen LogP contribution is 2.29. The zero-order chi connectivity index (χ0) is 25.8. The molecule has 37 heavy (non-hydrogen) atoms. The molecular weight excluding hydrogens is 456 g/mol. The molecule has 5 heteroatoms. The van der Waals surface area contributed by atoms with Gasteiger partial charge in [-0.2, -0.15) is 0 Å². The molecule has 1 saturated heterocycles. The Labute approximate surface area is 219 Å². The molecule has 5 nitrogen and oxygen atoms in total. The second kappa shape index (κ2) is 11.0. The van der Waals surface area contributed by atoms with Gasteiger partial charge < -0.3 is 9.80 Å². The minimum absolute atomic E-state index is 0.103. The molecule has 1 amide bonds. The second-order valence-electron chi connectivity index (χ2n) is 9.80. The summed E-state index contributed by atoms with van der Waals surface area (Å²) in [6, 6.07) is 26.8. The number of nitrogens with zero attached hydrogens (tertiary/aromatic N) is 4. The Morgan fingerprint density at radius 1 is 0.811 bits per heavy atom. The number of aromatic nitrogens is 2. The number of carbonyl (C=O) groups is 1. The van der Waals surface area contributed by atoms with Gasteiger partial charge in [0.2, 0.25) is 0 Å². The third kappa shape index (κ3) is 5.56. The molecule has 0 atom stereocenters. The standard InChI is InChI=1S/C32H34N4O/c1-4-25-13-15-27(16-14-25)32(37)36-19-17-35(18-20-36)31-29(22-26-10-6-5-7-11-26)24(3)33-30(34-31)28-12-8-9-23(2)21-28/h5-16,21H,4,17-20,22H2,1-3H3. The van der Waals surface area contributed by atoms with E-state index in [1.165, 1.54) is 16.7 Å². The van der Waals surface area contributed by atoms with Crippen LogP contribution in [0.5, 0.6) is 0 Å². The first-order chi connectivity index (χ1) is 18.0. The van der Waals surface area contributed by atoms with Crippen LogP contribution in [-0.2, 0) is 12.8 Å². The molecule has 5 rings (SSSR count). The molecule has 1 aliphatic rings. The summed E-state index contributed by atoms with van der Waals surface area (Å²) in [5.41, 5.74) is 7.61. The number of amides is 1. The molecule has 1 aromatic heterocycles. The number of benzene rings is 3. The maximum atomic E-state index is 13.2. The number of anilines is 1. The average molecular weight is 491 g/mol. The fraction of sp³-hybridized carbons (Fsp3) is 0.281. The van der Waals surface area contributed by atoms with E-state index in [9.17, 15) is 4.79 Å². The molecule has 0 aliphatic carbocycles. The Morgan fingerprint density at radius 2 is 1.54 bits per heavy atom. The average Bonchev–Trinajstić information content (AvgIpc) is 2.94. The van der Waals surface area contributed by atoms with Crippen molar-refractivity contribution in [3.63, 3.8) is 0 Å². The lowest BCUT2D eigenvalue weighted by atomic mass is 10.0. The summed E-state index contributed by atoms with van der Waals surface area (Å²) in [5, 5.41) is 0. The molecule has 188 valence electrons. The van der Waals surface area contributed by atoms with Crippen molar-refractivity contribution in [2.75, 3.05) is 31.1 Å². The van der Waals surface area contributed by atoms with Gasteiger partial charge in [-0.1, -0.05) is 73.2 Å². The van der Waals surface area contributed by atoms with Crippen molar-refractivity contribution in [2.45, 2.75) is 33.6 Å². The summed E-state index contributed by atoms with van der Waals surface area (Å²) in [6.07, 6.45) is 1.75. The third-order valence-electron chi connectivity index (χ3n) is 7.17. The molecule has 0 spiro atoms. The molecule has 0 saturated carbocycles. The van der Waals surface area contributed by atoms with Crippen molar-refractivity contribution in [1.29, 1.82) is 0 Å². The first-order valence-electron chi connectivity index (χ1n) is 13.1. The van der Waals surface area contributed by atoms with Crippen molar-refractivity contribution in [3.05, 3.63) is 112 Å². The highest BCUT2D eigenvalue weighted by Gasteiger charge is 2.26. The maximum Gasteiger partial charge on any atom is 0.253 e. The van der Waals surface area contributed by atoms with Crippen LogP contribution >= 0.6 is 0 Å². The molecular formula is C32H34N4O. The van der Waals surface area contributed by atoms with Crippen LogP contribution in [0.2, 0.25) is 0 Å². The van der Waals surface area contributed by atoms with Gasteiger partial charge in [-0.3, -0.25) is 4.79 Å². The SMILES string of the molecule is CCc1ccc(C(=O)N2CCN(c3nc(-c4cccc(C)c4)nc(C)c3Cc3ccccc3)CC2)cc1. The van der Waals surface area contributed by atoms with E-state index in [0.29, 0.717) is 13.1 Å². The Bertz CT molecular complexity index is 1370. The highest BCUT2D eigenvalue weighted by atomic mass is 16.2. The molecule has 1 fully saturated rings. The van der Waals surface area contributed by atoms with E-state index in [-0.39, 0.29) is 5.91 Å². The lowest BCUT2D eigenvalue weighted by molar-refractivity contribution is 0.0746. The van der Waals surface area contributed by atoms with Crippen molar-refractivity contribution >= 4 is 11.7 Å². The van der Waals surface area contributed by atoms with Gasteiger partial charge in [-0.05, 0) is 49.6 Å². The minimum atomic E-state index is 0.103. The second-order valence-corrected chi connectivity index (χ2v) is 9.80. The number of rotatable bonds is 6. The fourth-order valence-corrected chi connectivity index (χ4v) is 4.95. The van der Waals surface area contributed by atoms with Gasteiger partial charge in [0.05, 0.1) is 0 Å². The first-order valence-corrected chi connectivity index (χ1v) is 13.1. The predicted molar refractivity (Wildman–Crippen MR) is 150 cm³/mol. The molecule has 2 heterocycles. The summed E-state index contributed by atoms with van der Waals surface area (Å²) in [5.74, 6) is 1.83. The van der Waals surface area contributed by atoms with Gasteiger partial charge in [0, 0.05) is 55.0 Å². The molecule has 0 N–H and O–H groups in total. The number of aryl methyl sites for hydroxylation is 3. The van der Waals surface area contributed by atoms with Crippen LogP contribution in [0, 0.1) is 13.8 Å². The summed E-state index contributed by atoms with van der Waals surface area (Å²) in [6.45, 7) is 9.12. The quantitative estimate of drug-likeness (QED) is 0.339. The normalized spacial score (nSPS) is 13.6. The van der Waals surface area contributed by atoms with Gasteiger partial charge in [-0.25, -0.2) is 9.97 Å². The topological polar surface area (TPSA) is 49.3 Å². The summed E-state index contributed by atoms with van der Waals surface area (Å²) >= 11 is 0. The van der Waals surface area contributed by atoms with E-state index < -0.39 is 0 Å². The van der Waals surface area contributed by atoms with Crippen LogP contribution in [0.4, 0.5) is 5.82 Å². The lowest BCUT2D eigenvalue weighted by Gasteiger charge is -2.36. The Kier molecular flexibility index (Phi) is 7.31. The predicted octanol–water partition coefficient (Wildman–Crippen LogP) is 5.88. The van der Waals surface area contributed by atoms with Crippen LogP contribution < -0.4 is 4.90 Å². The smallest absolute Gasteiger partial charge is 0.253 e. The molecule has 0 unspecified atom stereocenters. The summed E-state index contributed by atoms with van der Waals surface area (Å²) in [7, 11) is 0. The summed E-state index contributed by atoms with van der Waals surface area (Å²) in [4.78, 5) is 27.5. The van der Waals surface area contributed by atoms with Crippen LogP contribution in [0.3, 0.4) is 0 Å². The van der Waals surface area contributed by atoms with Crippen molar-refractivity contribution in [2.24, 2.45) is 0 Å². The van der Waals surface area contributed by atoms with E-state index >= 15 is 0 Å². The maximum absolute atomic E-state index is 13.2. The molecule has 0 bridgehead atoms. The zero-order valence-corrected chi connectivity index (χ0v) is 21.9. The van der Waals surface area contributed by atoms with Crippen LogP contribution in [0.15, 0.2) is 78.9 Å². The molecule has 4 aromatic rings. The highest BCUT2D eigenvalue weighted by molar-refractivity contribution is 5.94. The zero-order valence-electron chi connectivity index (χ0n) is 21.9.